The maximum atomic E-state index is 12.4. The molecule has 0 fully saturated rings. The van der Waals surface area contributed by atoms with Crippen molar-refractivity contribution in [2.75, 3.05) is 14.2 Å². The number of benzene rings is 3. The molecule has 4 rings (SSSR count). The molecule has 0 aliphatic heterocycles. The molecule has 12 heteroatoms. The molecule has 0 saturated heterocycles. The first-order valence-corrected chi connectivity index (χ1v) is 15.7. The summed E-state index contributed by atoms with van der Waals surface area (Å²) in [5.74, 6) is 1.27. The molecule has 0 bridgehead atoms. The van der Waals surface area contributed by atoms with E-state index in [1.54, 1.807) is 31.4 Å². The Kier molecular flexibility index (Phi) is 9.97. The van der Waals surface area contributed by atoms with E-state index >= 15 is 0 Å². The molecule has 216 valence electrons. The molecule has 1 aromatic heterocycles. The molecule has 2 amide bonds. The van der Waals surface area contributed by atoms with E-state index in [0.717, 1.165) is 39.0 Å². The number of hydrogen-bond donors (Lipinski definition) is 2. The van der Waals surface area contributed by atoms with Gasteiger partial charge < -0.3 is 10.1 Å². The average Bonchev–Trinajstić information content (AvgIpc) is 3.38. The summed E-state index contributed by atoms with van der Waals surface area (Å²) in [6, 6.07) is 16.2. The van der Waals surface area contributed by atoms with E-state index in [1.807, 2.05) is 43.5 Å². The van der Waals surface area contributed by atoms with E-state index < -0.39 is 22.4 Å². The lowest BCUT2D eigenvalue weighted by Gasteiger charge is -2.28. The van der Waals surface area contributed by atoms with Gasteiger partial charge in [-0.1, -0.05) is 78.6 Å². The number of thioether (sulfide) groups is 1. The van der Waals surface area contributed by atoms with Gasteiger partial charge in [0.25, 0.3) is 0 Å². The normalized spacial score (nSPS) is 12.2. The van der Waals surface area contributed by atoms with Crippen LogP contribution in [0.15, 0.2) is 70.8 Å². The number of methoxy groups -OCH3 is 1. The first kappa shape index (κ1) is 31.3. The Bertz CT molecular complexity index is 1630. The first-order valence-electron chi connectivity index (χ1n) is 12.5. The fourth-order valence-electron chi connectivity index (χ4n) is 4.20. The highest BCUT2D eigenvalue weighted by Gasteiger charge is 2.30. The number of rotatable bonds is 9. The van der Waals surface area contributed by atoms with E-state index in [9.17, 15) is 9.00 Å². The summed E-state index contributed by atoms with van der Waals surface area (Å²) in [5.41, 5.74) is 4.19. The minimum atomic E-state index is -1.73. The zero-order chi connectivity index (χ0) is 29.9. The number of carbonyl (C=O) groups is 1. The third-order valence-electron chi connectivity index (χ3n) is 6.67. The molecule has 0 saturated carbocycles. The van der Waals surface area contributed by atoms with Crippen molar-refractivity contribution in [3.8, 4) is 11.4 Å². The van der Waals surface area contributed by atoms with Gasteiger partial charge in [-0.3, -0.25) is 9.29 Å². The van der Waals surface area contributed by atoms with Crippen LogP contribution in [0.3, 0.4) is 0 Å². The fourth-order valence-corrected chi connectivity index (χ4v) is 6.70. The number of hydrogen-bond acceptors (Lipinski definition) is 5. The van der Waals surface area contributed by atoms with Crippen molar-refractivity contribution >= 4 is 63.6 Å². The van der Waals surface area contributed by atoms with E-state index in [2.05, 4.69) is 28.5 Å². The van der Waals surface area contributed by atoms with E-state index in [-0.39, 0.29) is 0 Å². The topological polar surface area (TPSA) is 85.3 Å². The van der Waals surface area contributed by atoms with Crippen molar-refractivity contribution < 1.29 is 13.7 Å². The second-order valence-corrected chi connectivity index (χ2v) is 13.0. The molecule has 7 nitrogen and oxygen atoms in total. The first-order chi connectivity index (χ1) is 19.5. The quantitative estimate of drug-likeness (QED) is 0.181. The van der Waals surface area contributed by atoms with E-state index in [4.69, 9.17) is 44.5 Å². The molecular weight excluding hydrogens is 623 g/mol. The second-order valence-electron chi connectivity index (χ2n) is 9.66. The molecule has 0 aliphatic carbocycles. The van der Waals surface area contributed by atoms with Crippen LogP contribution in [0, 0.1) is 6.92 Å². The molecular formula is C29H29Cl3N4O3S2. The third-order valence-corrected chi connectivity index (χ3v) is 9.81. The molecule has 1 atom stereocenters. The van der Waals surface area contributed by atoms with Crippen molar-refractivity contribution in [1.29, 1.82) is 0 Å². The zero-order valence-electron chi connectivity index (χ0n) is 23.1. The Morgan fingerprint density at radius 3 is 2.46 bits per heavy atom. The van der Waals surface area contributed by atoms with Crippen LogP contribution in [0.2, 0.25) is 15.1 Å². The number of imidazole rings is 1. The maximum absolute atomic E-state index is 12.4. The van der Waals surface area contributed by atoms with Gasteiger partial charge in [0.15, 0.2) is 16.1 Å². The molecule has 0 spiro atoms. The average molecular weight is 652 g/mol. The molecule has 1 heterocycles. The summed E-state index contributed by atoms with van der Waals surface area (Å²) in [5, 5.41) is 4.55. The number of carbonyl (C=O) groups excluding carboxylic acids is 1. The SMILES string of the molecule is CNC(=O)NS(=O)c1ccc(CSc2ncc(C(C)(C)c3ccc(Cl)c(Cl)c3)n2-c2ccc(C)c(OC)c2)c(Cl)c1. The van der Waals surface area contributed by atoms with E-state index in [0.29, 0.717) is 25.7 Å². The maximum Gasteiger partial charge on any atom is 0.326 e. The van der Waals surface area contributed by atoms with Gasteiger partial charge in [0.1, 0.15) is 5.75 Å². The van der Waals surface area contributed by atoms with Gasteiger partial charge in [0.2, 0.25) is 0 Å². The van der Waals surface area contributed by atoms with Crippen molar-refractivity contribution in [1.82, 2.24) is 19.6 Å². The number of ether oxygens (including phenoxy) is 1. The lowest BCUT2D eigenvalue weighted by atomic mass is 9.81. The molecule has 41 heavy (non-hydrogen) atoms. The van der Waals surface area contributed by atoms with Crippen molar-refractivity contribution in [2.24, 2.45) is 0 Å². The van der Waals surface area contributed by atoms with Crippen LogP contribution in [0.4, 0.5) is 4.79 Å². The Hall–Kier alpha value is -2.69. The monoisotopic (exact) mass is 650 g/mol. The van der Waals surface area contributed by atoms with Crippen LogP contribution >= 0.6 is 46.6 Å². The van der Waals surface area contributed by atoms with Crippen molar-refractivity contribution in [3.05, 3.63) is 98.2 Å². The Morgan fingerprint density at radius 1 is 1.05 bits per heavy atom. The Balaban J connectivity index is 1.72. The van der Waals surface area contributed by atoms with Gasteiger partial charge in [-0.15, -0.1) is 0 Å². The summed E-state index contributed by atoms with van der Waals surface area (Å²) in [6.45, 7) is 6.22. The van der Waals surface area contributed by atoms with Gasteiger partial charge in [-0.2, -0.15) is 0 Å². The third kappa shape index (κ3) is 6.87. The van der Waals surface area contributed by atoms with Crippen LogP contribution in [0.5, 0.6) is 5.75 Å². The number of nitrogens with zero attached hydrogens (tertiary/aromatic N) is 2. The summed E-state index contributed by atoms with van der Waals surface area (Å²) in [7, 11) is 1.37. The molecule has 0 aliphatic rings. The Labute approximate surface area is 261 Å². The van der Waals surface area contributed by atoms with Crippen molar-refractivity contribution in [3.63, 3.8) is 0 Å². The number of aryl methyl sites for hydroxylation is 1. The lowest BCUT2D eigenvalue weighted by Crippen LogP contribution is -2.34. The number of halogens is 3. The van der Waals surface area contributed by atoms with Gasteiger partial charge in [0, 0.05) is 29.3 Å². The predicted molar refractivity (Wildman–Crippen MR) is 168 cm³/mol. The Morgan fingerprint density at radius 2 is 1.80 bits per heavy atom. The van der Waals surface area contributed by atoms with Crippen LogP contribution in [0.25, 0.3) is 5.69 Å². The molecule has 4 aromatic rings. The van der Waals surface area contributed by atoms with E-state index in [1.165, 1.54) is 18.8 Å². The number of amides is 2. The molecule has 2 N–H and O–H groups in total. The number of nitrogens with one attached hydrogen (secondary N) is 2. The smallest absolute Gasteiger partial charge is 0.326 e. The highest BCUT2D eigenvalue weighted by atomic mass is 35.5. The van der Waals surface area contributed by atoms with Crippen LogP contribution in [-0.2, 0) is 22.2 Å². The number of urea groups is 1. The lowest BCUT2D eigenvalue weighted by molar-refractivity contribution is 0.248. The summed E-state index contributed by atoms with van der Waals surface area (Å²) in [6.07, 6.45) is 1.87. The highest BCUT2D eigenvalue weighted by molar-refractivity contribution is 7.98. The minimum Gasteiger partial charge on any atom is -0.496 e. The van der Waals surface area contributed by atoms with Gasteiger partial charge >= 0.3 is 6.03 Å². The van der Waals surface area contributed by atoms with Crippen molar-refractivity contribution in [2.45, 2.75) is 42.0 Å². The predicted octanol–water partition coefficient (Wildman–Crippen LogP) is 7.72. The number of aromatic nitrogens is 2. The minimum absolute atomic E-state index is 0.395. The van der Waals surface area contributed by atoms with Gasteiger partial charge in [-0.05, 0) is 53.9 Å². The summed E-state index contributed by atoms with van der Waals surface area (Å²) < 4.78 is 22.5. The molecule has 1 unspecified atom stereocenters. The second kappa shape index (κ2) is 13.1. The standard InChI is InChI=1S/C29H29Cl3N4O3S2/c1-17-6-9-20(13-25(17)39-5)36-26(29(2,3)19-8-11-22(30)24(32)12-19)15-34-28(36)40-16-18-7-10-21(14-23(18)31)41(38)35-27(37)33-4/h6-15H,16H2,1-5H3,(H2,33,35,37). The van der Waals surface area contributed by atoms with Crippen LogP contribution in [0.1, 0.15) is 36.2 Å². The zero-order valence-corrected chi connectivity index (χ0v) is 27.0. The fraction of sp³-hybridized carbons (Fsp3) is 0.241. The van der Waals surface area contributed by atoms with Crippen LogP contribution in [-0.4, -0.2) is 33.9 Å². The van der Waals surface area contributed by atoms with Gasteiger partial charge in [0.05, 0.1) is 39.6 Å². The summed E-state index contributed by atoms with van der Waals surface area (Å²) >= 11 is 20.7. The highest BCUT2D eigenvalue weighted by Crippen LogP contribution is 2.39. The molecule has 0 radical (unpaired) electrons. The largest absolute Gasteiger partial charge is 0.496 e. The molecule has 3 aromatic carbocycles. The summed E-state index contributed by atoms with van der Waals surface area (Å²) in [4.78, 5) is 16.7. The van der Waals surface area contributed by atoms with Crippen LogP contribution < -0.4 is 14.8 Å². The van der Waals surface area contributed by atoms with Gasteiger partial charge in [-0.25, -0.2) is 14.0 Å².